The molecule has 0 aliphatic carbocycles. The van der Waals surface area contributed by atoms with Crippen molar-refractivity contribution in [3.8, 4) is 0 Å². The molecule has 1 aromatic rings. The van der Waals surface area contributed by atoms with Crippen molar-refractivity contribution in [3.05, 3.63) is 29.8 Å². The second-order valence-electron chi connectivity index (χ2n) is 6.02. The van der Waals surface area contributed by atoms with Crippen molar-refractivity contribution in [2.24, 2.45) is 0 Å². The third-order valence-corrected chi connectivity index (χ3v) is 6.26. The van der Waals surface area contributed by atoms with E-state index in [1.165, 1.54) is 28.6 Å². The molecule has 1 amide bonds. The molecule has 140 valence electrons. The molecular formula is C17H25FN2O4S. The minimum Gasteiger partial charge on any atom is -0.385 e. The van der Waals surface area contributed by atoms with Crippen molar-refractivity contribution >= 4 is 15.9 Å². The molecule has 2 rings (SSSR count). The van der Waals surface area contributed by atoms with Crippen molar-refractivity contribution in [1.29, 1.82) is 0 Å². The van der Waals surface area contributed by atoms with Crippen LogP contribution in [0.2, 0.25) is 0 Å². The van der Waals surface area contributed by atoms with Crippen LogP contribution in [0.5, 0.6) is 0 Å². The third kappa shape index (κ3) is 4.99. The molecule has 0 saturated carbocycles. The van der Waals surface area contributed by atoms with Gasteiger partial charge < -0.3 is 10.1 Å². The number of nitrogens with one attached hydrogen (secondary N) is 1. The van der Waals surface area contributed by atoms with E-state index in [9.17, 15) is 17.6 Å². The Bertz CT molecular complexity index is 681. The summed E-state index contributed by atoms with van der Waals surface area (Å²) < 4.78 is 44.9. The van der Waals surface area contributed by atoms with E-state index in [0.29, 0.717) is 19.6 Å². The van der Waals surface area contributed by atoms with Gasteiger partial charge in [-0.3, -0.25) is 4.79 Å². The summed E-state index contributed by atoms with van der Waals surface area (Å²) in [5, 5.41) is 2.40. The Morgan fingerprint density at radius 1 is 1.40 bits per heavy atom. The number of carbonyl (C=O) groups excluding carboxylic acids is 1. The first kappa shape index (κ1) is 19.8. The lowest BCUT2D eigenvalue weighted by atomic mass is 10.0. The molecule has 1 fully saturated rings. The highest BCUT2D eigenvalue weighted by Gasteiger charge is 2.33. The molecule has 1 atom stereocenters. The Hall–Kier alpha value is -1.51. The predicted molar refractivity (Wildman–Crippen MR) is 92.8 cm³/mol. The molecule has 0 radical (unpaired) electrons. The summed E-state index contributed by atoms with van der Waals surface area (Å²) in [6, 6.07) is 5.80. The summed E-state index contributed by atoms with van der Waals surface area (Å²) in [5.41, 5.74) is 0.208. The fraction of sp³-hybridized carbons (Fsp3) is 0.588. The first-order valence-corrected chi connectivity index (χ1v) is 9.89. The molecule has 6 nitrogen and oxygen atoms in total. The Kier molecular flexibility index (Phi) is 7.34. The van der Waals surface area contributed by atoms with Crippen molar-refractivity contribution in [3.63, 3.8) is 0 Å². The molecule has 1 aliphatic heterocycles. The molecule has 8 heteroatoms. The maximum atomic E-state index is 13.0. The van der Waals surface area contributed by atoms with E-state index in [4.69, 9.17) is 4.74 Å². The number of hydrogen-bond donors (Lipinski definition) is 1. The number of sulfonamides is 1. The molecule has 25 heavy (non-hydrogen) atoms. The number of rotatable bonds is 8. The zero-order valence-corrected chi connectivity index (χ0v) is 15.2. The van der Waals surface area contributed by atoms with Gasteiger partial charge in [-0.15, -0.1) is 0 Å². The minimum atomic E-state index is -3.69. The highest BCUT2D eigenvalue weighted by atomic mass is 32.2. The summed E-state index contributed by atoms with van der Waals surface area (Å²) in [4.78, 5) is 12.0. The first-order chi connectivity index (χ1) is 12.0. The lowest BCUT2D eigenvalue weighted by Gasteiger charge is -2.34. The van der Waals surface area contributed by atoms with Gasteiger partial charge in [-0.25, -0.2) is 12.8 Å². The molecule has 1 saturated heterocycles. The van der Waals surface area contributed by atoms with Gasteiger partial charge in [0.2, 0.25) is 10.0 Å². The number of amides is 1. The summed E-state index contributed by atoms with van der Waals surface area (Å²) in [6.45, 7) is 0.205. The molecule has 0 unspecified atom stereocenters. The average Bonchev–Trinajstić information content (AvgIpc) is 2.64. The number of hydrogen-bond acceptors (Lipinski definition) is 4. The quantitative estimate of drug-likeness (QED) is 0.757. The Morgan fingerprint density at radius 3 is 2.92 bits per heavy atom. The van der Waals surface area contributed by atoms with Crippen LogP contribution in [0.25, 0.3) is 0 Å². The van der Waals surface area contributed by atoms with E-state index in [2.05, 4.69) is 5.32 Å². The summed E-state index contributed by atoms with van der Waals surface area (Å²) in [5.74, 6) is -0.482. The Balaban J connectivity index is 2.24. The smallest absolute Gasteiger partial charge is 0.251 e. The second kappa shape index (κ2) is 9.26. The van der Waals surface area contributed by atoms with E-state index < -0.39 is 22.6 Å². The third-order valence-electron chi connectivity index (χ3n) is 4.31. The lowest BCUT2D eigenvalue weighted by Crippen LogP contribution is -2.44. The van der Waals surface area contributed by atoms with Crippen LogP contribution in [-0.2, 0) is 14.8 Å². The molecular weight excluding hydrogens is 347 g/mol. The van der Waals surface area contributed by atoms with Crippen LogP contribution in [-0.4, -0.2) is 58.2 Å². The summed E-state index contributed by atoms with van der Waals surface area (Å²) >= 11 is 0. The topological polar surface area (TPSA) is 75.7 Å². The van der Waals surface area contributed by atoms with Gasteiger partial charge in [0.15, 0.2) is 0 Å². The highest BCUT2D eigenvalue weighted by Crippen LogP contribution is 2.27. The predicted octanol–water partition coefficient (Wildman–Crippen LogP) is 1.97. The number of piperidine rings is 1. The van der Waals surface area contributed by atoms with Gasteiger partial charge >= 0.3 is 0 Å². The highest BCUT2D eigenvalue weighted by molar-refractivity contribution is 7.89. The van der Waals surface area contributed by atoms with E-state index in [1.54, 1.807) is 7.11 Å². The van der Waals surface area contributed by atoms with Gasteiger partial charge in [0.05, 0.1) is 4.90 Å². The van der Waals surface area contributed by atoms with Crippen molar-refractivity contribution in [2.45, 2.75) is 36.6 Å². The number of halogens is 1. The van der Waals surface area contributed by atoms with Gasteiger partial charge in [0, 0.05) is 38.4 Å². The largest absolute Gasteiger partial charge is 0.385 e. The maximum Gasteiger partial charge on any atom is 0.251 e. The molecule has 0 aromatic heterocycles. The average molecular weight is 372 g/mol. The van der Waals surface area contributed by atoms with Crippen LogP contribution in [0.4, 0.5) is 4.39 Å². The van der Waals surface area contributed by atoms with Gasteiger partial charge in [-0.05, 0) is 37.5 Å². The Morgan fingerprint density at radius 2 is 2.20 bits per heavy atom. The van der Waals surface area contributed by atoms with E-state index >= 15 is 0 Å². The van der Waals surface area contributed by atoms with Gasteiger partial charge in [-0.2, -0.15) is 4.31 Å². The van der Waals surface area contributed by atoms with E-state index in [0.717, 1.165) is 19.3 Å². The van der Waals surface area contributed by atoms with E-state index in [1.807, 2.05) is 0 Å². The lowest BCUT2D eigenvalue weighted by molar-refractivity contribution is 0.0950. The van der Waals surface area contributed by atoms with Gasteiger partial charge in [-0.1, -0.05) is 12.5 Å². The molecule has 1 aliphatic rings. The Labute approximate surface area is 148 Å². The number of methoxy groups -OCH3 is 1. The number of benzene rings is 1. The fourth-order valence-corrected chi connectivity index (χ4v) is 4.80. The second-order valence-corrected chi connectivity index (χ2v) is 7.91. The molecule has 0 bridgehead atoms. The van der Waals surface area contributed by atoms with Crippen molar-refractivity contribution < 1.29 is 22.3 Å². The normalized spacial score (nSPS) is 18.9. The molecule has 1 N–H and O–H groups in total. The van der Waals surface area contributed by atoms with Crippen LogP contribution in [0, 0.1) is 0 Å². The van der Waals surface area contributed by atoms with Crippen LogP contribution in [0.1, 0.15) is 36.0 Å². The van der Waals surface area contributed by atoms with Crippen molar-refractivity contribution in [1.82, 2.24) is 9.62 Å². The standard InChI is InChI=1S/C17H25FN2O4S/c1-24-12-8-15-6-2-3-11-20(15)25(22,23)16-7-4-5-14(13-16)17(21)19-10-9-18/h4-5,7,13,15H,2-3,6,8-12H2,1H3,(H,19,21)/t15-/m0/s1. The fourth-order valence-electron chi connectivity index (χ4n) is 3.03. The molecule has 1 heterocycles. The van der Waals surface area contributed by atoms with Gasteiger partial charge in [0.1, 0.15) is 6.67 Å². The first-order valence-electron chi connectivity index (χ1n) is 8.45. The van der Waals surface area contributed by atoms with Crippen LogP contribution >= 0.6 is 0 Å². The van der Waals surface area contributed by atoms with Crippen LogP contribution in [0.15, 0.2) is 29.2 Å². The number of ether oxygens (including phenoxy) is 1. The van der Waals surface area contributed by atoms with Gasteiger partial charge in [0.25, 0.3) is 5.91 Å². The SMILES string of the molecule is COCC[C@@H]1CCCCN1S(=O)(=O)c1cccc(C(=O)NCCF)c1. The molecule has 1 aromatic carbocycles. The monoisotopic (exact) mass is 372 g/mol. The zero-order chi connectivity index (χ0) is 18.3. The summed E-state index contributed by atoms with van der Waals surface area (Å²) in [7, 11) is -2.10. The van der Waals surface area contributed by atoms with E-state index in [-0.39, 0.29) is 23.0 Å². The minimum absolute atomic E-state index is 0.0877. The van der Waals surface area contributed by atoms with Crippen molar-refractivity contribution in [2.75, 3.05) is 33.5 Å². The number of alkyl halides is 1. The maximum absolute atomic E-state index is 13.0. The molecule has 0 spiro atoms. The van der Waals surface area contributed by atoms with Crippen LogP contribution in [0.3, 0.4) is 0 Å². The number of carbonyl (C=O) groups is 1. The van der Waals surface area contributed by atoms with Crippen LogP contribution < -0.4 is 5.32 Å². The number of nitrogens with zero attached hydrogens (tertiary/aromatic N) is 1. The zero-order valence-electron chi connectivity index (χ0n) is 14.4. The summed E-state index contributed by atoms with van der Waals surface area (Å²) in [6.07, 6.45) is 3.26.